The summed E-state index contributed by atoms with van der Waals surface area (Å²) in [4.78, 5) is 54.6. The predicted molar refractivity (Wildman–Crippen MR) is 131 cm³/mol. The lowest BCUT2D eigenvalue weighted by Gasteiger charge is -2.23. The monoisotopic (exact) mass is 548 g/mol. The molecule has 0 aliphatic rings. The Morgan fingerprint density at radius 2 is 1.16 bits per heavy atom. The number of aromatic carboxylic acids is 1. The summed E-state index contributed by atoms with van der Waals surface area (Å²) in [6.45, 7) is 1.28. The molecule has 0 radical (unpaired) electrons. The van der Waals surface area contributed by atoms with E-state index in [1.54, 1.807) is 12.1 Å². The van der Waals surface area contributed by atoms with Crippen LogP contribution in [0.3, 0.4) is 0 Å². The van der Waals surface area contributed by atoms with E-state index in [1.807, 2.05) is 0 Å². The van der Waals surface area contributed by atoms with Crippen LogP contribution in [-0.2, 0) is 23.9 Å². The summed E-state index contributed by atoms with van der Waals surface area (Å²) < 4.78 is 4.97. The van der Waals surface area contributed by atoms with Gasteiger partial charge in [0.2, 0.25) is 0 Å². The van der Waals surface area contributed by atoms with Crippen molar-refractivity contribution in [1.82, 2.24) is 9.80 Å². The molecule has 38 heavy (non-hydrogen) atoms. The molecule has 15 heteroatoms. The molecule has 0 atom stereocenters. The average Bonchev–Trinajstić information content (AvgIpc) is 2.80. The summed E-state index contributed by atoms with van der Waals surface area (Å²) in [5.41, 5.74) is -0.0671. The van der Waals surface area contributed by atoms with E-state index in [4.69, 9.17) is 40.5 Å². The Labute approximate surface area is 219 Å². The van der Waals surface area contributed by atoms with Crippen molar-refractivity contribution in [2.45, 2.75) is 19.8 Å². The van der Waals surface area contributed by atoms with Gasteiger partial charge in [0.05, 0.1) is 39.4 Å². The van der Waals surface area contributed by atoms with Gasteiger partial charge in [0.25, 0.3) is 0 Å². The molecule has 0 fully saturated rings. The molecule has 0 saturated heterocycles. The Balaban J connectivity index is 0. The van der Waals surface area contributed by atoms with Gasteiger partial charge >= 0.3 is 29.8 Å². The number of ether oxygens (including phenoxy) is 1. The van der Waals surface area contributed by atoms with E-state index in [0.717, 1.165) is 29.2 Å². The first-order chi connectivity index (χ1) is 17.8. The molecular formula is C23H36N2O13. The zero-order chi connectivity index (χ0) is 29.5. The fourth-order valence-electron chi connectivity index (χ4n) is 2.54. The topological polar surface area (TPSA) is 243 Å². The number of carbonyl (C=O) groups is 5. The number of unbranched alkanes of at least 4 members (excludes halogenated alkanes) is 1. The highest BCUT2D eigenvalue weighted by molar-refractivity contribution is 5.90. The van der Waals surface area contributed by atoms with E-state index in [9.17, 15) is 24.0 Å². The van der Waals surface area contributed by atoms with Crippen molar-refractivity contribution in [2.24, 2.45) is 0 Å². The van der Waals surface area contributed by atoms with Crippen LogP contribution in [0.2, 0.25) is 0 Å². The minimum absolute atomic E-state index is 0.0671. The van der Waals surface area contributed by atoms with Gasteiger partial charge < -0.3 is 40.5 Å². The first-order valence-electron chi connectivity index (χ1n) is 11.4. The maximum Gasteiger partial charge on any atom is 0.339 e. The van der Waals surface area contributed by atoms with Gasteiger partial charge in [0.1, 0.15) is 11.3 Å². The number of hydrogen-bond donors (Lipinski definition) is 7. The van der Waals surface area contributed by atoms with Crippen molar-refractivity contribution in [3.05, 3.63) is 29.8 Å². The first-order valence-corrected chi connectivity index (χ1v) is 11.4. The maximum absolute atomic E-state index is 10.6. The van der Waals surface area contributed by atoms with Gasteiger partial charge in [-0.15, -0.1) is 0 Å². The van der Waals surface area contributed by atoms with E-state index < -0.39 is 56.0 Å². The number of carboxylic acid groups (broad SMARTS) is 5. The molecule has 0 saturated carbocycles. The second-order valence-electron chi connectivity index (χ2n) is 7.51. The zero-order valence-electron chi connectivity index (χ0n) is 21.1. The molecule has 0 heterocycles. The number of nitrogens with zero attached hydrogens (tertiary/aromatic N) is 2. The summed E-state index contributed by atoms with van der Waals surface area (Å²) in [6.07, 6.45) is 2.26. The maximum atomic E-state index is 10.6. The smallest absolute Gasteiger partial charge is 0.339 e. The predicted octanol–water partition coefficient (Wildman–Crippen LogP) is -0.185. The van der Waals surface area contributed by atoms with Crippen LogP contribution < -0.4 is 0 Å². The van der Waals surface area contributed by atoms with Crippen LogP contribution in [0.1, 0.15) is 30.1 Å². The number of aliphatic carboxylic acids is 4. The number of aromatic hydroxyl groups is 1. The summed E-state index contributed by atoms with van der Waals surface area (Å²) in [5.74, 6) is -6.22. The molecule has 0 spiro atoms. The van der Waals surface area contributed by atoms with Gasteiger partial charge in [0.15, 0.2) is 0 Å². The molecule has 0 aliphatic heterocycles. The molecule has 0 aliphatic carbocycles. The van der Waals surface area contributed by atoms with Gasteiger partial charge in [-0.25, -0.2) is 4.79 Å². The lowest BCUT2D eigenvalue weighted by molar-refractivity contribution is -0.145. The normalized spacial score (nSPS) is 10.1. The summed E-state index contributed by atoms with van der Waals surface area (Å²) in [7, 11) is 0. The minimum Gasteiger partial charge on any atom is -0.507 e. The quantitative estimate of drug-likeness (QED) is 0.125. The number of aliphatic hydroxyl groups is 1. The van der Waals surface area contributed by atoms with Gasteiger partial charge in [-0.1, -0.05) is 25.5 Å². The lowest BCUT2D eigenvalue weighted by Crippen LogP contribution is -2.43. The van der Waals surface area contributed by atoms with Crippen molar-refractivity contribution in [2.75, 3.05) is 59.1 Å². The van der Waals surface area contributed by atoms with E-state index in [1.165, 1.54) is 12.1 Å². The molecule has 0 amide bonds. The molecule has 1 aromatic carbocycles. The molecule has 1 rings (SSSR count). The molecule has 1 aromatic rings. The molecule has 0 bridgehead atoms. The molecule has 216 valence electrons. The fraction of sp³-hybridized carbons (Fsp3) is 0.522. The second-order valence-corrected chi connectivity index (χ2v) is 7.51. The fourth-order valence-corrected chi connectivity index (χ4v) is 2.54. The summed E-state index contributed by atoms with van der Waals surface area (Å²) in [6, 6.07) is 5.81. The third-order valence-electron chi connectivity index (χ3n) is 4.18. The average molecular weight is 549 g/mol. The lowest BCUT2D eigenvalue weighted by atomic mass is 10.2. The van der Waals surface area contributed by atoms with Crippen LogP contribution in [0.25, 0.3) is 0 Å². The van der Waals surface area contributed by atoms with Crippen LogP contribution in [0.5, 0.6) is 5.75 Å². The number of phenols is 1. The molecular weight excluding hydrogens is 512 g/mol. The van der Waals surface area contributed by atoms with E-state index >= 15 is 0 Å². The number of rotatable bonds is 17. The Bertz CT molecular complexity index is 789. The first kappa shape index (κ1) is 36.4. The van der Waals surface area contributed by atoms with Crippen LogP contribution in [-0.4, -0.2) is 134 Å². The standard InChI is InChI=1S/C10H16N2O8.C7H6O3.C6H14O2/c13-7(14)3-11(4-8(15)16)1-2-12(5-9(17)18)6-10(19)20;8-6-4-2-1-3-5(6)7(9)10;1-2-3-5-8-6-4-7/h1-6H2,(H,13,14)(H,15,16)(H,17,18)(H,19,20);1-4,8H,(H,9,10);7H,2-6H2,1H3. The van der Waals surface area contributed by atoms with Gasteiger partial charge in [-0.2, -0.15) is 0 Å². The minimum atomic E-state index is -1.23. The van der Waals surface area contributed by atoms with Crippen molar-refractivity contribution < 1.29 is 64.5 Å². The summed E-state index contributed by atoms with van der Waals surface area (Å²) in [5, 5.41) is 60.0. The number of aliphatic hydroxyl groups excluding tert-OH is 1. The van der Waals surface area contributed by atoms with Crippen LogP contribution in [0, 0.1) is 0 Å². The highest BCUT2D eigenvalue weighted by atomic mass is 16.5. The van der Waals surface area contributed by atoms with Crippen LogP contribution in [0.15, 0.2) is 24.3 Å². The Hall–Kier alpha value is -3.79. The van der Waals surface area contributed by atoms with Crippen molar-refractivity contribution in [3.8, 4) is 5.75 Å². The van der Waals surface area contributed by atoms with Crippen molar-refractivity contribution >= 4 is 29.8 Å². The van der Waals surface area contributed by atoms with E-state index in [-0.39, 0.29) is 31.0 Å². The Kier molecular flexibility index (Phi) is 21.4. The third-order valence-corrected chi connectivity index (χ3v) is 4.18. The Morgan fingerprint density at radius 1 is 0.737 bits per heavy atom. The Morgan fingerprint density at radius 3 is 1.45 bits per heavy atom. The van der Waals surface area contributed by atoms with E-state index in [2.05, 4.69) is 6.92 Å². The third kappa shape index (κ3) is 22.7. The molecule has 15 nitrogen and oxygen atoms in total. The van der Waals surface area contributed by atoms with Crippen LogP contribution in [0.4, 0.5) is 0 Å². The van der Waals surface area contributed by atoms with Gasteiger partial charge in [0, 0.05) is 19.7 Å². The number of hydrogen-bond acceptors (Lipinski definition) is 10. The number of carboxylic acids is 5. The SMILES string of the molecule is CCCCOCCO.O=C(O)CN(CCN(CC(=O)O)CC(=O)O)CC(=O)O.O=C(O)c1ccccc1O. The molecule has 0 aromatic heterocycles. The van der Waals surface area contributed by atoms with Gasteiger partial charge in [-0.05, 0) is 18.6 Å². The number of para-hydroxylation sites is 1. The molecule has 0 unspecified atom stereocenters. The van der Waals surface area contributed by atoms with Crippen molar-refractivity contribution in [3.63, 3.8) is 0 Å². The van der Waals surface area contributed by atoms with E-state index in [0.29, 0.717) is 6.61 Å². The summed E-state index contributed by atoms with van der Waals surface area (Å²) >= 11 is 0. The number of benzene rings is 1. The second kappa shape index (κ2) is 22.4. The molecule has 7 N–H and O–H groups in total. The highest BCUT2D eigenvalue weighted by Gasteiger charge is 2.18. The van der Waals surface area contributed by atoms with Crippen LogP contribution >= 0.6 is 0 Å². The highest BCUT2D eigenvalue weighted by Crippen LogP contribution is 2.14. The van der Waals surface area contributed by atoms with Gasteiger partial charge in [-0.3, -0.25) is 29.0 Å². The zero-order valence-corrected chi connectivity index (χ0v) is 21.1. The largest absolute Gasteiger partial charge is 0.507 e. The van der Waals surface area contributed by atoms with Crippen molar-refractivity contribution in [1.29, 1.82) is 0 Å².